The van der Waals surface area contributed by atoms with Crippen molar-refractivity contribution in [2.24, 2.45) is 0 Å². The van der Waals surface area contributed by atoms with Crippen molar-refractivity contribution in [1.82, 2.24) is 4.90 Å². The van der Waals surface area contributed by atoms with Gasteiger partial charge in [0, 0.05) is 29.7 Å². The lowest BCUT2D eigenvalue weighted by Crippen LogP contribution is -2.31. The van der Waals surface area contributed by atoms with E-state index < -0.39 is 0 Å². The summed E-state index contributed by atoms with van der Waals surface area (Å²) in [7, 11) is 0. The number of carbonyl (C=O) groups is 1. The van der Waals surface area contributed by atoms with Gasteiger partial charge in [0.05, 0.1) is 12.2 Å². The van der Waals surface area contributed by atoms with Crippen LogP contribution < -0.4 is 4.74 Å². The summed E-state index contributed by atoms with van der Waals surface area (Å²) in [6, 6.07) is 11.8. The molecule has 0 spiro atoms. The monoisotopic (exact) mass is 423 g/mol. The Labute approximate surface area is 162 Å². The van der Waals surface area contributed by atoms with Gasteiger partial charge in [-0.25, -0.2) is 4.39 Å². The van der Waals surface area contributed by atoms with E-state index in [1.54, 1.807) is 35.2 Å². The van der Waals surface area contributed by atoms with Crippen molar-refractivity contribution < 1.29 is 18.7 Å². The summed E-state index contributed by atoms with van der Waals surface area (Å²) in [6.45, 7) is 5.87. The van der Waals surface area contributed by atoms with Crippen LogP contribution in [0.1, 0.15) is 29.8 Å². The molecule has 2 rings (SSSR count). The van der Waals surface area contributed by atoms with Crippen LogP contribution in [-0.2, 0) is 11.3 Å². The number of ether oxygens (including phenoxy) is 2. The lowest BCUT2D eigenvalue weighted by molar-refractivity contribution is 0.0740. The molecule has 2 aromatic rings. The highest BCUT2D eigenvalue weighted by Gasteiger charge is 2.20. The fraction of sp³-hybridized carbons (Fsp3) is 0.350. The lowest BCUT2D eigenvalue weighted by atomic mass is 10.1. The highest BCUT2D eigenvalue weighted by Crippen LogP contribution is 2.22. The van der Waals surface area contributed by atoms with Crippen LogP contribution in [0.2, 0.25) is 0 Å². The second-order valence-electron chi connectivity index (χ2n) is 5.60. The average Bonchev–Trinajstić information content (AvgIpc) is 2.65. The van der Waals surface area contributed by atoms with Crippen molar-refractivity contribution in [2.45, 2.75) is 20.4 Å². The Hall–Kier alpha value is -1.92. The minimum Gasteiger partial charge on any atom is -0.490 e. The maximum atomic E-state index is 14.1. The molecule has 1 amide bonds. The summed E-state index contributed by atoms with van der Waals surface area (Å²) >= 11 is 3.34. The molecule has 0 atom stereocenters. The van der Waals surface area contributed by atoms with E-state index in [2.05, 4.69) is 15.9 Å². The fourth-order valence-electron chi connectivity index (χ4n) is 2.49. The molecule has 0 saturated carbocycles. The first kappa shape index (κ1) is 20.4. The third-order valence-electron chi connectivity index (χ3n) is 3.84. The zero-order chi connectivity index (χ0) is 18.9. The summed E-state index contributed by atoms with van der Waals surface area (Å²) < 4.78 is 25.8. The van der Waals surface area contributed by atoms with E-state index in [4.69, 9.17) is 9.47 Å². The summed E-state index contributed by atoms with van der Waals surface area (Å²) in [5, 5.41) is 0. The molecule has 0 radical (unpaired) electrons. The van der Waals surface area contributed by atoms with Gasteiger partial charge in [0.1, 0.15) is 18.2 Å². The second kappa shape index (κ2) is 10.3. The molecule has 6 heteroatoms. The number of hydrogen-bond donors (Lipinski definition) is 0. The normalized spacial score (nSPS) is 10.6. The summed E-state index contributed by atoms with van der Waals surface area (Å²) in [5.74, 6) is -0.0232. The van der Waals surface area contributed by atoms with Crippen molar-refractivity contribution in [3.8, 4) is 5.75 Å². The van der Waals surface area contributed by atoms with Crippen LogP contribution in [0.5, 0.6) is 5.75 Å². The maximum Gasteiger partial charge on any atom is 0.257 e. The van der Waals surface area contributed by atoms with Crippen molar-refractivity contribution in [1.29, 1.82) is 0 Å². The number of hydrogen-bond acceptors (Lipinski definition) is 3. The number of nitrogens with zero attached hydrogens (tertiary/aromatic N) is 1. The molecule has 0 unspecified atom stereocenters. The highest BCUT2D eigenvalue weighted by atomic mass is 79.9. The van der Waals surface area contributed by atoms with Gasteiger partial charge < -0.3 is 14.4 Å². The number of amides is 1. The van der Waals surface area contributed by atoms with Crippen LogP contribution in [0.3, 0.4) is 0 Å². The Morgan fingerprint density at radius 3 is 2.65 bits per heavy atom. The fourth-order valence-corrected chi connectivity index (χ4v) is 2.90. The smallest absolute Gasteiger partial charge is 0.257 e. The summed E-state index contributed by atoms with van der Waals surface area (Å²) in [5.41, 5.74) is 0.922. The van der Waals surface area contributed by atoms with Gasteiger partial charge in [-0.1, -0.05) is 28.1 Å². The van der Waals surface area contributed by atoms with E-state index in [1.165, 1.54) is 6.07 Å². The Morgan fingerprint density at radius 2 is 1.92 bits per heavy atom. The van der Waals surface area contributed by atoms with E-state index in [1.807, 2.05) is 19.9 Å². The van der Waals surface area contributed by atoms with E-state index in [0.29, 0.717) is 43.2 Å². The van der Waals surface area contributed by atoms with Gasteiger partial charge in [-0.2, -0.15) is 0 Å². The number of para-hydroxylation sites is 1. The average molecular weight is 424 g/mol. The van der Waals surface area contributed by atoms with Crippen molar-refractivity contribution in [2.75, 3.05) is 26.4 Å². The van der Waals surface area contributed by atoms with Gasteiger partial charge in [-0.05, 0) is 44.2 Å². The first-order valence-corrected chi connectivity index (χ1v) is 9.38. The predicted octanol–water partition coefficient (Wildman–Crippen LogP) is 4.67. The number of benzene rings is 2. The molecule has 0 heterocycles. The molecular formula is C20H23BrFNO3. The summed E-state index contributed by atoms with van der Waals surface area (Å²) in [4.78, 5) is 14.6. The second-order valence-corrected chi connectivity index (χ2v) is 6.51. The molecule has 26 heavy (non-hydrogen) atoms. The third-order valence-corrected chi connectivity index (χ3v) is 4.34. The minimum absolute atomic E-state index is 0.188. The number of halogens is 2. The Bertz CT molecular complexity index is 739. The van der Waals surface area contributed by atoms with Gasteiger partial charge in [0.15, 0.2) is 0 Å². The number of carbonyl (C=O) groups excluding carboxylic acids is 1. The molecule has 0 saturated heterocycles. The Balaban J connectivity index is 2.16. The molecule has 0 aliphatic rings. The molecule has 0 aromatic heterocycles. The predicted molar refractivity (Wildman–Crippen MR) is 103 cm³/mol. The Morgan fingerprint density at radius 1 is 1.15 bits per heavy atom. The summed E-state index contributed by atoms with van der Waals surface area (Å²) in [6.07, 6.45) is 0. The van der Waals surface area contributed by atoms with Gasteiger partial charge in [-0.15, -0.1) is 0 Å². The van der Waals surface area contributed by atoms with Crippen LogP contribution in [0.4, 0.5) is 4.39 Å². The third kappa shape index (κ3) is 5.54. The van der Waals surface area contributed by atoms with E-state index in [0.717, 1.165) is 4.47 Å². The first-order valence-electron chi connectivity index (χ1n) is 8.59. The molecule has 2 aromatic carbocycles. The molecule has 140 valence electrons. The molecule has 0 fully saturated rings. The van der Waals surface area contributed by atoms with Gasteiger partial charge in [0.25, 0.3) is 5.91 Å². The van der Waals surface area contributed by atoms with Crippen molar-refractivity contribution in [3.63, 3.8) is 0 Å². The SMILES string of the molecule is CCOCCOc1ccccc1C(=O)N(CC)Cc1cc(Br)ccc1F. The van der Waals surface area contributed by atoms with Gasteiger partial charge >= 0.3 is 0 Å². The van der Waals surface area contributed by atoms with Crippen molar-refractivity contribution >= 4 is 21.8 Å². The molecular weight excluding hydrogens is 401 g/mol. The van der Waals surface area contributed by atoms with Crippen molar-refractivity contribution in [3.05, 3.63) is 63.9 Å². The topological polar surface area (TPSA) is 38.8 Å². The van der Waals surface area contributed by atoms with E-state index in [-0.39, 0.29) is 18.3 Å². The van der Waals surface area contributed by atoms with Crippen LogP contribution in [0, 0.1) is 5.82 Å². The zero-order valence-electron chi connectivity index (χ0n) is 15.0. The minimum atomic E-state index is -0.333. The van der Waals surface area contributed by atoms with Gasteiger partial charge in [0.2, 0.25) is 0 Å². The van der Waals surface area contributed by atoms with Crippen LogP contribution in [-0.4, -0.2) is 37.2 Å². The van der Waals surface area contributed by atoms with E-state index >= 15 is 0 Å². The maximum absolute atomic E-state index is 14.1. The molecule has 0 bridgehead atoms. The van der Waals surface area contributed by atoms with Gasteiger partial charge in [-0.3, -0.25) is 4.79 Å². The van der Waals surface area contributed by atoms with Crippen LogP contribution in [0.25, 0.3) is 0 Å². The highest BCUT2D eigenvalue weighted by molar-refractivity contribution is 9.10. The quantitative estimate of drug-likeness (QED) is 0.550. The zero-order valence-corrected chi connectivity index (χ0v) is 16.6. The first-order chi connectivity index (χ1) is 12.6. The largest absolute Gasteiger partial charge is 0.490 e. The van der Waals surface area contributed by atoms with Crippen LogP contribution >= 0.6 is 15.9 Å². The molecule has 0 aliphatic heterocycles. The van der Waals surface area contributed by atoms with Crippen LogP contribution in [0.15, 0.2) is 46.9 Å². The Kier molecular flexibility index (Phi) is 8.06. The molecule has 0 aliphatic carbocycles. The molecule has 0 N–H and O–H groups in total. The lowest BCUT2D eigenvalue weighted by Gasteiger charge is -2.23. The number of rotatable bonds is 9. The van der Waals surface area contributed by atoms with E-state index in [9.17, 15) is 9.18 Å². The standard InChI is InChI=1S/C20H23BrFNO3/c1-3-23(14-15-13-16(21)9-10-18(15)22)20(24)17-7-5-6-8-19(17)26-12-11-25-4-2/h5-10,13H,3-4,11-12,14H2,1-2H3. The molecule has 4 nitrogen and oxygen atoms in total.